The SMILES string of the molecule is CC(C)(C)C(=O)Nc1cccc(-c2nnc3ccccn23)c1. The summed E-state index contributed by atoms with van der Waals surface area (Å²) in [5.74, 6) is 0.734. The topological polar surface area (TPSA) is 59.3 Å². The Kier molecular flexibility index (Phi) is 3.41. The van der Waals surface area contributed by atoms with Crippen LogP contribution < -0.4 is 5.32 Å². The quantitative estimate of drug-likeness (QED) is 0.788. The van der Waals surface area contributed by atoms with Crippen LogP contribution in [0.1, 0.15) is 20.8 Å². The van der Waals surface area contributed by atoms with Crippen LogP contribution in [0, 0.1) is 5.41 Å². The molecule has 5 heteroatoms. The predicted molar refractivity (Wildman–Crippen MR) is 86.5 cm³/mol. The molecule has 0 aliphatic carbocycles. The first-order valence-electron chi connectivity index (χ1n) is 7.17. The molecular weight excluding hydrogens is 276 g/mol. The summed E-state index contributed by atoms with van der Waals surface area (Å²) in [5.41, 5.74) is 2.02. The molecule has 0 fully saturated rings. The molecule has 1 N–H and O–H groups in total. The van der Waals surface area contributed by atoms with E-state index in [1.165, 1.54) is 0 Å². The number of anilines is 1. The van der Waals surface area contributed by atoms with Crippen molar-refractivity contribution in [2.75, 3.05) is 5.32 Å². The Morgan fingerprint density at radius 3 is 2.68 bits per heavy atom. The molecule has 0 aliphatic heterocycles. The highest BCUT2D eigenvalue weighted by Gasteiger charge is 2.21. The first-order valence-corrected chi connectivity index (χ1v) is 7.17. The Hall–Kier alpha value is -2.69. The Bertz CT molecular complexity index is 830. The number of rotatable bonds is 2. The van der Waals surface area contributed by atoms with Crippen molar-refractivity contribution in [1.29, 1.82) is 0 Å². The zero-order chi connectivity index (χ0) is 15.7. The fourth-order valence-electron chi connectivity index (χ4n) is 2.09. The second-order valence-corrected chi connectivity index (χ2v) is 6.24. The fourth-order valence-corrected chi connectivity index (χ4v) is 2.09. The van der Waals surface area contributed by atoms with Gasteiger partial charge in [0.1, 0.15) is 0 Å². The number of nitrogens with one attached hydrogen (secondary N) is 1. The number of carbonyl (C=O) groups is 1. The summed E-state index contributed by atoms with van der Waals surface area (Å²) >= 11 is 0. The summed E-state index contributed by atoms with van der Waals surface area (Å²) in [5, 5.41) is 11.3. The van der Waals surface area contributed by atoms with Gasteiger partial charge in [-0.05, 0) is 24.3 Å². The Morgan fingerprint density at radius 1 is 1.09 bits per heavy atom. The molecule has 0 unspecified atom stereocenters. The van der Waals surface area contributed by atoms with Crippen LogP contribution in [-0.4, -0.2) is 20.5 Å². The van der Waals surface area contributed by atoms with E-state index in [1.54, 1.807) is 0 Å². The molecule has 0 saturated carbocycles. The normalized spacial score (nSPS) is 11.6. The molecule has 0 spiro atoms. The Balaban J connectivity index is 1.96. The molecule has 0 saturated heterocycles. The summed E-state index contributed by atoms with van der Waals surface area (Å²) in [6.07, 6.45) is 1.92. The van der Waals surface area contributed by atoms with Crippen molar-refractivity contribution in [1.82, 2.24) is 14.6 Å². The van der Waals surface area contributed by atoms with Crippen molar-refractivity contribution in [3.05, 3.63) is 48.7 Å². The monoisotopic (exact) mass is 294 g/mol. The zero-order valence-corrected chi connectivity index (χ0v) is 12.9. The van der Waals surface area contributed by atoms with Gasteiger partial charge in [-0.1, -0.05) is 39.0 Å². The van der Waals surface area contributed by atoms with Crippen molar-refractivity contribution < 1.29 is 4.79 Å². The van der Waals surface area contributed by atoms with Crippen LogP contribution in [0.5, 0.6) is 0 Å². The van der Waals surface area contributed by atoms with Gasteiger partial charge in [0, 0.05) is 22.9 Å². The van der Waals surface area contributed by atoms with Crippen molar-refractivity contribution >= 4 is 17.2 Å². The highest BCUT2D eigenvalue weighted by Crippen LogP contribution is 2.23. The van der Waals surface area contributed by atoms with E-state index in [-0.39, 0.29) is 5.91 Å². The van der Waals surface area contributed by atoms with E-state index in [2.05, 4.69) is 15.5 Å². The van der Waals surface area contributed by atoms with E-state index in [1.807, 2.05) is 73.8 Å². The minimum absolute atomic E-state index is 0.0178. The number of hydrogen-bond donors (Lipinski definition) is 1. The third kappa shape index (κ3) is 2.70. The Labute approximate surface area is 129 Å². The largest absolute Gasteiger partial charge is 0.326 e. The van der Waals surface area contributed by atoms with Crippen LogP contribution in [0.4, 0.5) is 5.69 Å². The van der Waals surface area contributed by atoms with Gasteiger partial charge < -0.3 is 5.32 Å². The molecule has 112 valence electrons. The molecule has 5 nitrogen and oxygen atoms in total. The molecule has 2 aromatic heterocycles. The van der Waals surface area contributed by atoms with Crippen molar-refractivity contribution in [3.63, 3.8) is 0 Å². The smallest absolute Gasteiger partial charge is 0.229 e. The van der Waals surface area contributed by atoms with Crippen LogP contribution in [0.15, 0.2) is 48.7 Å². The van der Waals surface area contributed by atoms with Gasteiger partial charge in [0.05, 0.1) is 0 Å². The number of nitrogens with zero attached hydrogens (tertiary/aromatic N) is 3. The molecule has 3 aromatic rings. The summed E-state index contributed by atoms with van der Waals surface area (Å²) in [6.45, 7) is 5.66. The van der Waals surface area contributed by atoms with E-state index in [0.29, 0.717) is 0 Å². The van der Waals surface area contributed by atoms with Gasteiger partial charge in [-0.15, -0.1) is 10.2 Å². The lowest BCUT2D eigenvalue weighted by Gasteiger charge is -2.17. The Morgan fingerprint density at radius 2 is 1.91 bits per heavy atom. The number of aromatic nitrogens is 3. The average molecular weight is 294 g/mol. The average Bonchev–Trinajstić information content (AvgIpc) is 2.90. The molecule has 1 amide bonds. The number of pyridine rings is 1. The van der Waals surface area contributed by atoms with E-state index < -0.39 is 5.41 Å². The summed E-state index contributed by atoms with van der Waals surface area (Å²) in [4.78, 5) is 12.1. The molecule has 3 rings (SSSR count). The number of carbonyl (C=O) groups excluding carboxylic acids is 1. The van der Waals surface area contributed by atoms with Gasteiger partial charge in [0.15, 0.2) is 11.5 Å². The number of fused-ring (bicyclic) bond motifs is 1. The summed E-state index contributed by atoms with van der Waals surface area (Å²) in [6, 6.07) is 13.4. The van der Waals surface area contributed by atoms with Crippen molar-refractivity contribution in [3.8, 4) is 11.4 Å². The van der Waals surface area contributed by atoms with Gasteiger partial charge in [0.25, 0.3) is 0 Å². The molecule has 1 aromatic carbocycles. The minimum atomic E-state index is -0.433. The second-order valence-electron chi connectivity index (χ2n) is 6.24. The molecule has 0 bridgehead atoms. The molecule has 0 radical (unpaired) electrons. The molecule has 22 heavy (non-hydrogen) atoms. The first-order chi connectivity index (χ1) is 10.4. The van der Waals surface area contributed by atoms with Crippen LogP contribution in [-0.2, 0) is 4.79 Å². The molecule has 0 aliphatic rings. The number of amides is 1. The molecule has 2 heterocycles. The second kappa shape index (κ2) is 5.26. The number of benzene rings is 1. The van der Waals surface area contributed by atoms with E-state index in [4.69, 9.17) is 0 Å². The van der Waals surface area contributed by atoms with E-state index in [9.17, 15) is 4.79 Å². The lowest BCUT2D eigenvalue weighted by Crippen LogP contribution is -2.27. The number of hydrogen-bond acceptors (Lipinski definition) is 3. The maximum absolute atomic E-state index is 12.1. The standard InChI is InChI=1S/C17H18N4O/c1-17(2,3)16(22)18-13-8-6-7-12(11-13)15-20-19-14-9-4-5-10-21(14)15/h4-11H,1-3H3,(H,18,22). The lowest BCUT2D eigenvalue weighted by atomic mass is 9.95. The van der Waals surface area contributed by atoms with E-state index >= 15 is 0 Å². The molecule has 0 atom stereocenters. The highest BCUT2D eigenvalue weighted by molar-refractivity contribution is 5.95. The van der Waals surface area contributed by atoms with Crippen LogP contribution >= 0.6 is 0 Å². The van der Waals surface area contributed by atoms with Crippen molar-refractivity contribution in [2.45, 2.75) is 20.8 Å². The maximum atomic E-state index is 12.1. The summed E-state index contributed by atoms with van der Waals surface area (Å²) in [7, 11) is 0. The molecular formula is C17H18N4O. The third-order valence-corrected chi connectivity index (χ3v) is 3.37. The minimum Gasteiger partial charge on any atom is -0.326 e. The summed E-state index contributed by atoms with van der Waals surface area (Å²) < 4.78 is 1.92. The van der Waals surface area contributed by atoms with E-state index in [0.717, 1.165) is 22.7 Å². The lowest BCUT2D eigenvalue weighted by molar-refractivity contribution is -0.123. The third-order valence-electron chi connectivity index (χ3n) is 3.37. The fraction of sp³-hybridized carbons (Fsp3) is 0.235. The maximum Gasteiger partial charge on any atom is 0.229 e. The van der Waals surface area contributed by atoms with Gasteiger partial charge in [0.2, 0.25) is 5.91 Å². The van der Waals surface area contributed by atoms with Gasteiger partial charge in [-0.2, -0.15) is 0 Å². The van der Waals surface area contributed by atoms with Gasteiger partial charge >= 0.3 is 0 Å². The zero-order valence-electron chi connectivity index (χ0n) is 12.9. The predicted octanol–water partition coefficient (Wildman–Crippen LogP) is 3.38. The van der Waals surface area contributed by atoms with Crippen LogP contribution in [0.25, 0.3) is 17.0 Å². The van der Waals surface area contributed by atoms with Crippen LogP contribution in [0.2, 0.25) is 0 Å². The first kappa shape index (κ1) is 14.3. The van der Waals surface area contributed by atoms with Crippen LogP contribution in [0.3, 0.4) is 0 Å². The van der Waals surface area contributed by atoms with Crippen molar-refractivity contribution in [2.24, 2.45) is 5.41 Å². The highest BCUT2D eigenvalue weighted by atomic mass is 16.2. The van der Waals surface area contributed by atoms with Gasteiger partial charge in [-0.25, -0.2) is 0 Å². The van der Waals surface area contributed by atoms with Gasteiger partial charge in [-0.3, -0.25) is 9.20 Å².